The van der Waals surface area contributed by atoms with Crippen molar-refractivity contribution in [2.45, 2.75) is 58.5 Å². The predicted molar refractivity (Wildman–Crippen MR) is 92.2 cm³/mol. The number of nitrogens with zero attached hydrogens (tertiary/aromatic N) is 1. The van der Waals surface area contributed by atoms with Crippen LogP contribution in [0.25, 0.3) is 0 Å². The number of ether oxygens (including phenoxy) is 1. The van der Waals surface area contributed by atoms with Gasteiger partial charge in [-0.1, -0.05) is 13.8 Å². The molecular formula is C14H30IN3O. The molecule has 1 atom stereocenters. The zero-order chi connectivity index (χ0) is 13.2. The number of nitrogens with two attached hydrogens (primary N) is 1. The Bertz CT molecular complexity index is 241. The lowest BCUT2D eigenvalue weighted by Crippen LogP contribution is -2.33. The molecule has 1 rings (SSSR count). The maximum atomic E-state index is 5.79. The molecule has 0 saturated carbocycles. The van der Waals surface area contributed by atoms with Gasteiger partial charge in [-0.15, -0.1) is 24.0 Å². The Morgan fingerprint density at radius 1 is 1.42 bits per heavy atom. The monoisotopic (exact) mass is 383 g/mol. The highest BCUT2D eigenvalue weighted by Crippen LogP contribution is 2.16. The van der Waals surface area contributed by atoms with E-state index in [1.807, 2.05) is 0 Å². The van der Waals surface area contributed by atoms with Crippen LogP contribution in [-0.4, -0.2) is 31.8 Å². The van der Waals surface area contributed by atoms with Gasteiger partial charge in [-0.05, 0) is 44.4 Å². The fraction of sp³-hybridized carbons (Fsp3) is 0.929. The molecule has 3 N–H and O–H groups in total. The molecule has 0 aromatic heterocycles. The van der Waals surface area contributed by atoms with Crippen LogP contribution in [0.2, 0.25) is 0 Å². The van der Waals surface area contributed by atoms with Gasteiger partial charge in [0.25, 0.3) is 0 Å². The van der Waals surface area contributed by atoms with Crippen LogP contribution in [0.4, 0.5) is 0 Å². The number of hydrogen-bond donors (Lipinski definition) is 2. The zero-order valence-electron chi connectivity index (χ0n) is 12.4. The van der Waals surface area contributed by atoms with Gasteiger partial charge in [0.1, 0.15) is 0 Å². The van der Waals surface area contributed by atoms with Crippen molar-refractivity contribution in [2.24, 2.45) is 16.6 Å². The first-order valence-electron chi connectivity index (χ1n) is 7.34. The van der Waals surface area contributed by atoms with E-state index in [1.54, 1.807) is 0 Å². The van der Waals surface area contributed by atoms with Crippen molar-refractivity contribution in [2.75, 3.05) is 19.7 Å². The summed E-state index contributed by atoms with van der Waals surface area (Å²) < 4.78 is 5.68. The van der Waals surface area contributed by atoms with Crippen molar-refractivity contribution >= 4 is 29.9 Å². The Balaban J connectivity index is 0.00000324. The van der Waals surface area contributed by atoms with Crippen molar-refractivity contribution < 1.29 is 4.74 Å². The molecule has 1 heterocycles. The third-order valence-corrected chi connectivity index (χ3v) is 3.27. The average Bonchev–Trinajstić information content (AvgIpc) is 2.35. The lowest BCUT2D eigenvalue weighted by molar-refractivity contribution is 0.0105. The largest absolute Gasteiger partial charge is 0.378 e. The van der Waals surface area contributed by atoms with Gasteiger partial charge in [-0.2, -0.15) is 0 Å². The second-order valence-electron chi connectivity index (χ2n) is 5.51. The molecule has 1 saturated heterocycles. The summed E-state index contributed by atoms with van der Waals surface area (Å²) in [7, 11) is 0. The fourth-order valence-electron chi connectivity index (χ4n) is 2.10. The predicted octanol–water partition coefficient (Wildman–Crippen LogP) is 2.90. The number of nitrogens with one attached hydrogen (secondary N) is 1. The normalized spacial score (nSPS) is 20.2. The Kier molecular flexibility index (Phi) is 11.7. The minimum Gasteiger partial charge on any atom is -0.378 e. The van der Waals surface area contributed by atoms with Gasteiger partial charge in [0.15, 0.2) is 5.96 Å². The number of halogens is 1. The van der Waals surface area contributed by atoms with Gasteiger partial charge in [-0.3, -0.25) is 4.99 Å². The van der Waals surface area contributed by atoms with Crippen LogP contribution >= 0.6 is 24.0 Å². The van der Waals surface area contributed by atoms with Crippen molar-refractivity contribution in [1.29, 1.82) is 0 Å². The third-order valence-electron chi connectivity index (χ3n) is 3.27. The first kappa shape index (κ1) is 19.0. The van der Waals surface area contributed by atoms with Crippen LogP contribution < -0.4 is 11.1 Å². The summed E-state index contributed by atoms with van der Waals surface area (Å²) in [6, 6.07) is 0. The zero-order valence-corrected chi connectivity index (χ0v) is 14.7. The van der Waals surface area contributed by atoms with Crippen molar-refractivity contribution in [1.82, 2.24) is 5.32 Å². The highest BCUT2D eigenvalue weighted by molar-refractivity contribution is 14.0. The Labute approximate surface area is 135 Å². The van der Waals surface area contributed by atoms with E-state index in [0.717, 1.165) is 39.0 Å². The van der Waals surface area contributed by atoms with E-state index in [-0.39, 0.29) is 24.0 Å². The van der Waals surface area contributed by atoms with E-state index in [0.29, 0.717) is 18.0 Å². The highest BCUT2D eigenvalue weighted by atomic mass is 127. The van der Waals surface area contributed by atoms with E-state index in [4.69, 9.17) is 10.5 Å². The van der Waals surface area contributed by atoms with Crippen molar-refractivity contribution in [3.05, 3.63) is 0 Å². The maximum Gasteiger partial charge on any atom is 0.188 e. The van der Waals surface area contributed by atoms with Crippen LogP contribution in [0.5, 0.6) is 0 Å². The summed E-state index contributed by atoms with van der Waals surface area (Å²) in [4.78, 5) is 4.33. The molecule has 1 fully saturated rings. The number of aliphatic imine (C=N–C) groups is 1. The van der Waals surface area contributed by atoms with Crippen LogP contribution in [0.15, 0.2) is 4.99 Å². The van der Waals surface area contributed by atoms with Crippen molar-refractivity contribution in [3.63, 3.8) is 0 Å². The van der Waals surface area contributed by atoms with Crippen LogP contribution in [-0.2, 0) is 4.74 Å². The van der Waals surface area contributed by atoms with Crippen LogP contribution in [0.3, 0.4) is 0 Å². The molecule has 114 valence electrons. The molecule has 4 nitrogen and oxygen atoms in total. The minimum absolute atomic E-state index is 0. The molecule has 0 radical (unpaired) electrons. The van der Waals surface area contributed by atoms with Gasteiger partial charge < -0.3 is 15.8 Å². The molecule has 19 heavy (non-hydrogen) atoms. The molecule has 0 amide bonds. The van der Waals surface area contributed by atoms with Gasteiger partial charge in [0.05, 0.1) is 6.10 Å². The lowest BCUT2D eigenvalue weighted by atomic mass is 10.1. The van der Waals surface area contributed by atoms with Crippen LogP contribution in [0, 0.1) is 5.92 Å². The second kappa shape index (κ2) is 11.8. The van der Waals surface area contributed by atoms with Gasteiger partial charge >= 0.3 is 0 Å². The average molecular weight is 383 g/mol. The van der Waals surface area contributed by atoms with Gasteiger partial charge in [-0.25, -0.2) is 0 Å². The Morgan fingerprint density at radius 3 is 2.84 bits per heavy atom. The SMILES string of the molecule is CC(C)CCNC(N)=NCCCC1CCCCO1.I. The molecule has 0 aromatic carbocycles. The summed E-state index contributed by atoms with van der Waals surface area (Å²) in [5.74, 6) is 1.29. The molecule has 0 spiro atoms. The summed E-state index contributed by atoms with van der Waals surface area (Å²) in [6.45, 7) is 7.07. The molecule has 0 aliphatic carbocycles. The summed E-state index contributed by atoms with van der Waals surface area (Å²) in [5, 5.41) is 3.15. The molecule has 1 unspecified atom stereocenters. The molecule has 0 aromatic rings. The molecule has 1 aliphatic heterocycles. The fourth-order valence-corrected chi connectivity index (χ4v) is 2.10. The number of rotatable bonds is 7. The summed E-state index contributed by atoms with van der Waals surface area (Å²) in [6.07, 6.45) is 7.52. The Morgan fingerprint density at radius 2 is 2.21 bits per heavy atom. The standard InChI is InChI=1S/C14H29N3O.HI/c1-12(2)8-10-17-14(15)16-9-5-7-13-6-3-4-11-18-13;/h12-13H,3-11H2,1-2H3,(H3,15,16,17);1H. The van der Waals surface area contributed by atoms with E-state index in [9.17, 15) is 0 Å². The van der Waals surface area contributed by atoms with Gasteiger partial charge in [0, 0.05) is 19.7 Å². The van der Waals surface area contributed by atoms with E-state index in [2.05, 4.69) is 24.2 Å². The topological polar surface area (TPSA) is 59.6 Å². The quantitative estimate of drug-likeness (QED) is 0.308. The first-order valence-corrected chi connectivity index (χ1v) is 7.34. The smallest absolute Gasteiger partial charge is 0.188 e. The summed E-state index contributed by atoms with van der Waals surface area (Å²) in [5.41, 5.74) is 5.79. The third kappa shape index (κ3) is 10.4. The number of guanidine groups is 1. The summed E-state index contributed by atoms with van der Waals surface area (Å²) >= 11 is 0. The second-order valence-corrected chi connectivity index (χ2v) is 5.51. The van der Waals surface area contributed by atoms with Gasteiger partial charge in [0.2, 0.25) is 0 Å². The van der Waals surface area contributed by atoms with Crippen LogP contribution in [0.1, 0.15) is 52.4 Å². The number of hydrogen-bond acceptors (Lipinski definition) is 2. The highest BCUT2D eigenvalue weighted by Gasteiger charge is 2.12. The first-order chi connectivity index (χ1) is 8.68. The molecule has 5 heteroatoms. The Hall–Kier alpha value is -0.0400. The van der Waals surface area contributed by atoms with E-state index in [1.165, 1.54) is 19.3 Å². The minimum atomic E-state index is 0. The maximum absolute atomic E-state index is 5.79. The van der Waals surface area contributed by atoms with E-state index < -0.39 is 0 Å². The van der Waals surface area contributed by atoms with Crippen molar-refractivity contribution in [3.8, 4) is 0 Å². The van der Waals surface area contributed by atoms with E-state index >= 15 is 0 Å². The molecule has 1 aliphatic rings. The molecular weight excluding hydrogens is 353 g/mol. The lowest BCUT2D eigenvalue weighted by Gasteiger charge is -2.22. The molecule has 0 bridgehead atoms.